The van der Waals surface area contributed by atoms with Crippen molar-refractivity contribution in [2.45, 2.75) is 13.3 Å². The van der Waals surface area contributed by atoms with Gasteiger partial charge in [0.05, 0.1) is 12.5 Å². The first-order valence-corrected chi connectivity index (χ1v) is 6.39. The van der Waals surface area contributed by atoms with Crippen LogP contribution in [0, 0.1) is 11.8 Å². The Morgan fingerprint density at radius 2 is 2.00 bits per heavy atom. The van der Waals surface area contributed by atoms with Gasteiger partial charge in [-0.1, -0.05) is 0 Å². The second-order valence-corrected chi connectivity index (χ2v) is 5.14. The molecule has 0 saturated heterocycles. The number of ketones is 1. The van der Waals surface area contributed by atoms with E-state index in [1.807, 2.05) is 0 Å². The summed E-state index contributed by atoms with van der Waals surface area (Å²) in [4.78, 5) is 39.5. The first-order chi connectivity index (χ1) is 6.85. The molecule has 1 fully saturated rings. The fourth-order valence-corrected chi connectivity index (χ4v) is 2.02. The lowest BCUT2D eigenvalue weighted by atomic mass is 10.2. The molecule has 15 heavy (non-hydrogen) atoms. The van der Waals surface area contributed by atoms with Crippen molar-refractivity contribution in [2.24, 2.45) is 11.8 Å². The Kier molecular flexibility index (Phi) is 3.65. The van der Waals surface area contributed by atoms with Crippen molar-refractivity contribution in [1.29, 1.82) is 0 Å². The van der Waals surface area contributed by atoms with E-state index in [1.54, 1.807) is 6.92 Å². The molecule has 0 aliphatic heterocycles. The number of ether oxygens (including phenoxy) is 1. The van der Waals surface area contributed by atoms with E-state index in [0.717, 1.165) is 0 Å². The Hall–Kier alpha value is -0.710. The molecule has 86 valence electrons. The van der Waals surface area contributed by atoms with E-state index in [0.29, 0.717) is 6.42 Å². The number of Topliss-reactive ketones (excluding diaryl/α,β-unsaturated/α-hetero) is 1. The molecule has 2 unspecified atom stereocenters. The topological polar surface area (TPSA) is 101 Å². The first-order valence-electron chi connectivity index (χ1n) is 4.59. The van der Waals surface area contributed by atoms with Crippen LogP contribution in [0.5, 0.6) is 0 Å². The molecule has 0 aromatic heterocycles. The fraction of sp³-hybridized carbons (Fsp3) is 0.750. The molecule has 0 radical (unpaired) electrons. The molecule has 1 aliphatic rings. The van der Waals surface area contributed by atoms with Crippen LogP contribution in [-0.4, -0.2) is 34.3 Å². The Bertz CT molecular complexity index is 319. The quantitative estimate of drug-likeness (QED) is 0.512. The molecule has 0 amide bonds. The van der Waals surface area contributed by atoms with Crippen molar-refractivity contribution in [2.75, 3.05) is 12.8 Å². The van der Waals surface area contributed by atoms with Gasteiger partial charge in [0.1, 0.15) is 11.9 Å². The predicted octanol–water partition coefficient (Wildman–Crippen LogP) is -0.0676. The molecule has 1 rings (SSSR count). The van der Waals surface area contributed by atoms with Crippen LogP contribution >= 0.6 is 7.60 Å². The van der Waals surface area contributed by atoms with E-state index in [2.05, 4.69) is 0 Å². The van der Waals surface area contributed by atoms with E-state index in [-0.39, 0.29) is 6.61 Å². The van der Waals surface area contributed by atoms with Gasteiger partial charge in [-0.25, -0.2) is 0 Å². The summed E-state index contributed by atoms with van der Waals surface area (Å²) in [6.45, 7) is 1.90. The van der Waals surface area contributed by atoms with Gasteiger partial charge >= 0.3 is 13.6 Å². The minimum Gasteiger partial charge on any atom is -0.466 e. The van der Waals surface area contributed by atoms with Crippen LogP contribution in [0.1, 0.15) is 13.3 Å². The maximum absolute atomic E-state index is 11.2. The molecule has 0 bridgehead atoms. The minimum absolute atomic E-state index is 0.245. The molecule has 0 heterocycles. The Morgan fingerprint density at radius 1 is 1.40 bits per heavy atom. The number of hydrogen-bond donors (Lipinski definition) is 2. The molecule has 6 nitrogen and oxygen atoms in total. The van der Waals surface area contributed by atoms with Crippen LogP contribution < -0.4 is 0 Å². The highest BCUT2D eigenvalue weighted by Crippen LogP contribution is 2.44. The van der Waals surface area contributed by atoms with Crippen molar-refractivity contribution in [3.63, 3.8) is 0 Å². The van der Waals surface area contributed by atoms with Gasteiger partial charge in [0.2, 0.25) is 0 Å². The molecule has 0 aromatic carbocycles. The Morgan fingerprint density at radius 3 is 2.47 bits per heavy atom. The van der Waals surface area contributed by atoms with Crippen LogP contribution in [-0.2, 0) is 18.9 Å². The molecule has 1 aliphatic carbocycles. The van der Waals surface area contributed by atoms with E-state index in [9.17, 15) is 14.2 Å². The van der Waals surface area contributed by atoms with Gasteiger partial charge in [-0.05, 0) is 13.3 Å². The molecule has 2 N–H and O–H groups in total. The highest BCUT2D eigenvalue weighted by Gasteiger charge is 2.49. The van der Waals surface area contributed by atoms with E-state index in [1.165, 1.54) is 0 Å². The van der Waals surface area contributed by atoms with Gasteiger partial charge in [-0.15, -0.1) is 0 Å². The summed E-state index contributed by atoms with van der Waals surface area (Å²) in [5, 5.41) is 0. The van der Waals surface area contributed by atoms with Crippen molar-refractivity contribution in [3.05, 3.63) is 0 Å². The molecule has 0 aromatic rings. The third-order valence-corrected chi connectivity index (χ3v) is 2.88. The van der Waals surface area contributed by atoms with Gasteiger partial charge in [-0.3, -0.25) is 14.2 Å². The van der Waals surface area contributed by atoms with Crippen molar-refractivity contribution in [1.82, 2.24) is 0 Å². The largest absolute Gasteiger partial charge is 0.466 e. The van der Waals surface area contributed by atoms with Crippen molar-refractivity contribution in [3.8, 4) is 0 Å². The Labute approximate surface area is 86.8 Å². The summed E-state index contributed by atoms with van der Waals surface area (Å²) >= 11 is 0. The standard InChI is InChI=1S/C8H13O6P/c1-2-14-8(10)6-3-5(6)7(9)4-15(11,12)13/h5-6H,2-4H2,1H3,(H2,11,12,13). The van der Waals surface area contributed by atoms with Gasteiger partial charge in [-0.2, -0.15) is 0 Å². The van der Waals surface area contributed by atoms with E-state index in [4.69, 9.17) is 14.5 Å². The normalized spacial score (nSPS) is 24.7. The molecular weight excluding hydrogens is 223 g/mol. The van der Waals surface area contributed by atoms with Gasteiger partial charge < -0.3 is 14.5 Å². The summed E-state index contributed by atoms with van der Waals surface area (Å²) in [7, 11) is -4.31. The molecule has 2 atom stereocenters. The summed E-state index contributed by atoms with van der Waals surface area (Å²) in [5.41, 5.74) is 0. The van der Waals surface area contributed by atoms with Gasteiger partial charge in [0.25, 0.3) is 0 Å². The summed E-state index contributed by atoms with van der Waals surface area (Å²) < 4.78 is 15.2. The van der Waals surface area contributed by atoms with Gasteiger partial charge in [0.15, 0.2) is 0 Å². The maximum Gasteiger partial charge on any atom is 0.332 e. The smallest absolute Gasteiger partial charge is 0.332 e. The van der Waals surface area contributed by atoms with E-state index < -0.39 is 37.3 Å². The van der Waals surface area contributed by atoms with Crippen LogP contribution in [0.2, 0.25) is 0 Å². The number of esters is 1. The highest BCUT2D eigenvalue weighted by molar-refractivity contribution is 7.52. The summed E-state index contributed by atoms with van der Waals surface area (Å²) in [6, 6.07) is 0. The zero-order valence-corrected chi connectivity index (χ0v) is 9.15. The van der Waals surface area contributed by atoms with E-state index >= 15 is 0 Å². The Balaban J connectivity index is 2.41. The number of carbonyl (C=O) groups is 2. The van der Waals surface area contributed by atoms with Crippen LogP contribution in [0.25, 0.3) is 0 Å². The number of carbonyl (C=O) groups excluding carboxylic acids is 2. The third-order valence-electron chi connectivity index (χ3n) is 2.16. The van der Waals surface area contributed by atoms with Crippen molar-refractivity contribution < 1.29 is 28.7 Å². The SMILES string of the molecule is CCOC(=O)C1CC1C(=O)CP(=O)(O)O. The summed E-state index contributed by atoms with van der Waals surface area (Å²) in [5.74, 6) is -2.07. The number of hydrogen-bond acceptors (Lipinski definition) is 4. The van der Waals surface area contributed by atoms with Crippen LogP contribution in [0.4, 0.5) is 0 Å². The lowest BCUT2D eigenvalue weighted by molar-refractivity contribution is -0.145. The van der Waals surface area contributed by atoms with Gasteiger partial charge in [0, 0.05) is 5.92 Å². The average Bonchev–Trinajstić information content (AvgIpc) is 2.79. The number of rotatable bonds is 5. The van der Waals surface area contributed by atoms with Crippen LogP contribution in [0.3, 0.4) is 0 Å². The van der Waals surface area contributed by atoms with Crippen molar-refractivity contribution >= 4 is 19.3 Å². The first kappa shape index (κ1) is 12.4. The second-order valence-electron chi connectivity index (χ2n) is 3.49. The van der Waals surface area contributed by atoms with Crippen LogP contribution in [0.15, 0.2) is 0 Å². The minimum atomic E-state index is -4.31. The molecule has 0 spiro atoms. The lowest BCUT2D eigenvalue weighted by Crippen LogP contribution is -2.14. The fourth-order valence-electron chi connectivity index (χ4n) is 1.38. The zero-order chi connectivity index (χ0) is 11.6. The molecule has 1 saturated carbocycles. The highest BCUT2D eigenvalue weighted by atomic mass is 31.2. The molecule has 7 heteroatoms. The monoisotopic (exact) mass is 236 g/mol. The maximum atomic E-state index is 11.2. The second kappa shape index (κ2) is 4.43. The lowest BCUT2D eigenvalue weighted by Gasteiger charge is -2.02. The average molecular weight is 236 g/mol. The zero-order valence-electron chi connectivity index (χ0n) is 8.25. The molecular formula is C8H13O6P. The predicted molar refractivity (Wildman–Crippen MR) is 50.1 cm³/mol. The summed E-state index contributed by atoms with van der Waals surface area (Å²) in [6.07, 6.45) is -0.439. The third kappa shape index (κ3) is 3.74.